The van der Waals surface area contributed by atoms with Crippen LogP contribution in [0, 0.1) is 0 Å². The summed E-state index contributed by atoms with van der Waals surface area (Å²) in [6, 6.07) is 10.8. The molecule has 0 bridgehead atoms. The topological polar surface area (TPSA) is 65.0 Å². The molecule has 0 radical (unpaired) electrons. The van der Waals surface area contributed by atoms with Crippen molar-refractivity contribution in [2.24, 2.45) is 0 Å². The highest BCUT2D eigenvalue weighted by atomic mass is 16.5. The van der Waals surface area contributed by atoms with Crippen LogP contribution in [0.1, 0.15) is 28.4 Å². The van der Waals surface area contributed by atoms with Gasteiger partial charge in [0.25, 0.3) is 0 Å². The summed E-state index contributed by atoms with van der Waals surface area (Å²) >= 11 is 0. The normalized spacial score (nSPS) is 16.6. The van der Waals surface area contributed by atoms with Gasteiger partial charge in [-0.3, -0.25) is 4.79 Å². The molecule has 3 rings (SSSR count). The van der Waals surface area contributed by atoms with Gasteiger partial charge in [0, 0.05) is 6.07 Å². The highest BCUT2D eigenvalue weighted by Crippen LogP contribution is 2.49. The molecule has 0 aliphatic carbocycles. The number of phenols is 1. The second kappa shape index (κ2) is 5.60. The third-order valence-corrected chi connectivity index (χ3v) is 3.69. The van der Waals surface area contributed by atoms with Crippen molar-refractivity contribution in [3.63, 3.8) is 0 Å². The summed E-state index contributed by atoms with van der Waals surface area (Å²) in [6.07, 6.45) is -0.248. The Labute approximate surface area is 128 Å². The van der Waals surface area contributed by atoms with Crippen molar-refractivity contribution in [3.05, 3.63) is 47.5 Å². The molecule has 5 heteroatoms. The number of fused-ring (bicyclic) bond motifs is 1. The zero-order chi connectivity index (χ0) is 15.7. The van der Waals surface area contributed by atoms with Crippen molar-refractivity contribution in [1.82, 2.24) is 0 Å². The van der Waals surface area contributed by atoms with Crippen LogP contribution in [-0.4, -0.2) is 25.1 Å². The summed E-state index contributed by atoms with van der Waals surface area (Å²) in [6.45, 7) is 0. The number of hydrogen-bond donors (Lipinski definition) is 1. The zero-order valence-electron chi connectivity index (χ0n) is 12.3. The van der Waals surface area contributed by atoms with Crippen LogP contribution in [0.4, 0.5) is 0 Å². The van der Waals surface area contributed by atoms with Gasteiger partial charge in [-0.2, -0.15) is 0 Å². The van der Waals surface area contributed by atoms with Crippen LogP contribution < -0.4 is 14.2 Å². The Morgan fingerprint density at radius 1 is 1.18 bits per heavy atom. The van der Waals surface area contributed by atoms with E-state index in [-0.39, 0.29) is 29.3 Å². The predicted octanol–water partition coefficient (Wildman–Crippen LogP) is 3.12. The molecule has 1 atom stereocenters. The smallest absolute Gasteiger partial charge is 0.204 e. The van der Waals surface area contributed by atoms with E-state index in [2.05, 4.69) is 0 Å². The largest absolute Gasteiger partial charge is 0.507 e. The average Bonchev–Trinajstić information content (AvgIpc) is 2.54. The van der Waals surface area contributed by atoms with Crippen molar-refractivity contribution in [3.8, 4) is 23.0 Å². The summed E-state index contributed by atoms with van der Waals surface area (Å²) in [5.41, 5.74) is 1.04. The molecule has 114 valence electrons. The predicted molar refractivity (Wildman–Crippen MR) is 80.0 cm³/mol. The Hall–Kier alpha value is -2.69. The van der Waals surface area contributed by atoms with Gasteiger partial charge in [0.1, 0.15) is 17.4 Å². The maximum absolute atomic E-state index is 12.4. The maximum Gasteiger partial charge on any atom is 0.204 e. The molecule has 1 heterocycles. The molecule has 5 nitrogen and oxygen atoms in total. The van der Waals surface area contributed by atoms with Crippen LogP contribution in [0.2, 0.25) is 0 Å². The minimum atomic E-state index is -0.415. The number of aromatic hydroxyl groups is 1. The van der Waals surface area contributed by atoms with Crippen LogP contribution in [0.25, 0.3) is 0 Å². The Morgan fingerprint density at radius 3 is 2.55 bits per heavy atom. The molecule has 0 spiro atoms. The lowest BCUT2D eigenvalue weighted by molar-refractivity contribution is 0.0836. The molecule has 2 aromatic carbocycles. The molecule has 2 aromatic rings. The molecule has 0 saturated heterocycles. The first-order chi connectivity index (χ1) is 10.7. The molecule has 1 aliphatic rings. The van der Waals surface area contributed by atoms with Crippen molar-refractivity contribution in [1.29, 1.82) is 0 Å². The third-order valence-electron chi connectivity index (χ3n) is 3.69. The molecule has 1 aliphatic heterocycles. The Balaban J connectivity index is 2.11. The van der Waals surface area contributed by atoms with Gasteiger partial charge >= 0.3 is 0 Å². The van der Waals surface area contributed by atoms with Crippen molar-refractivity contribution >= 4 is 5.78 Å². The lowest BCUT2D eigenvalue weighted by Gasteiger charge is -2.28. The molecule has 0 saturated carbocycles. The number of benzene rings is 2. The van der Waals surface area contributed by atoms with Gasteiger partial charge in [-0.15, -0.1) is 0 Å². The lowest BCUT2D eigenvalue weighted by atomic mass is 9.95. The summed E-state index contributed by atoms with van der Waals surface area (Å²) in [4.78, 5) is 12.4. The van der Waals surface area contributed by atoms with Gasteiger partial charge < -0.3 is 19.3 Å². The van der Waals surface area contributed by atoms with E-state index in [1.165, 1.54) is 20.3 Å². The summed E-state index contributed by atoms with van der Waals surface area (Å²) in [5, 5.41) is 10.1. The van der Waals surface area contributed by atoms with Crippen molar-refractivity contribution in [2.45, 2.75) is 12.5 Å². The van der Waals surface area contributed by atoms with E-state index in [1.54, 1.807) is 0 Å². The quantitative estimate of drug-likeness (QED) is 0.943. The Bertz CT molecular complexity index is 709. The van der Waals surface area contributed by atoms with E-state index in [0.29, 0.717) is 11.5 Å². The fourth-order valence-electron chi connectivity index (χ4n) is 2.64. The highest BCUT2D eigenvalue weighted by molar-refractivity contribution is 6.03. The van der Waals surface area contributed by atoms with Crippen LogP contribution >= 0.6 is 0 Å². The Kier molecular flexibility index (Phi) is 3.63. The van der Waals surface area contributed by atoms with Gasteiger partial charge in [-0.25, -0.2) is 0 Å². The Morgan fingerprint density at radius 2 is 1.91 bits per heavy atom. The lowest BCUT2D eigenvalue weighted by Crippen LogP contribution is -2.21. The van der Waals surface area contributed by atoms with Gasteiger partial charge in [-0.1, -0.05) is 30.3 Å². The summed E-state index contributed by atoms with van der Waals surface area (Å²) in [5.74, 6) is 0.506. The molecule has 22 heavy (non-hydrogen) atoms. The zero-order valence-corrected chi connectivity index (χ0v) is 12.3. The maximum atomic E-state index is 12.4. The van der Waals surface area contributed by atoms with Gasteiger partial charge in [-0.05, 0) is 5.56 Å². The van der Waals surface area contributed by atoms with Crippen LogP contribution in [-0.2, 0) is 0 Å². The molecular weight excluding hydrogens is 284 g/mol. The molecular formula is C17H16O5. The minimum Gasteiger partial charge on any atom is -0.507 e. The van der Waals surface area contributed by atoms with Gasteiger partial charge in [0.15, 0.2) is 17.3 Å². The first kappa shape index (κ1) is 14.3. The third kappa shape index (κ3) is 2.24. The van der Waals surface area contributed by atoms with E-state index in [0.717, 1.165) is 5.56 Å². The number of phenolic OH excluding ortho intramolecular Hbond substituents is 1. The number of carbonyl (C=O) groups is 1. The standard InChI is InChI=1S/C17H16O5/c1-20-14-9-12(19)15-11(18)8-13(10-6-4-3-5-7-10)22-17(15)16(14)21-2/h3-7,9,13,19H,8H2,1-2H3/t13-/m1/s1. The highest BCUT2D eigenvalue weighted by Gasteiger charge is 2.34. The van der Waals surface area contributed by atoms with E-state index in [9.17, 15) is 9.90 Å². The van der Waals surface area contributed by atoms with E-state index >= 15 is 0 Å². The number of ether oxygens (including phenoxy) is 3. The minimum absolute atomic E-state index is 0.143. The van der Waals surface area contributed by atoms with Crippen LogP contribution in [0.3, 0.4) is 0 Å². The van der Waals surface area contributed by atoms with Crippen molar-refractivity contribution < 1.29 is 24.1 Å². The molecule has 0 aromatic heterocycles. The second-order valence-corrected chi connectivity index (χ2v) is 4.98. The number of hydrogen-bond acceptors (Lipinski definition) is 5. The van der Waals surface area contributed by atoms with Crippen LogP contribution in [0.5, 0.6) is 23.0 Å². The van der Waals surface area contributed by atoms with E-state index in [4.69, 9.17) is 14.2 Å². The number of Topliss-reactive ketones (excluding diaryl/α,β-unsaturated/α-hetero) is 1. The number of rotatable bonds is 3. The summed E-state index contributed by atoms with van der Waals surface area (Å²) < 4.78 is 16.4. The second-order valence-electron chi connectivity index (χ2n) is 4.98. The molecule has 0 fully saturated rings. The molecule has 1 N–H and O–H groups in total. The SMILES string of the molecule is COc1cc(O)c2c(c1OC)O[C@@H](c1ccccc1)CC2=O. The monoisotopic (exact) mass is 300 g/mol. The van der Waals surface area contributed by atoms with E-state index < -0.39 is 6.10 Å². The van der Waals surface area contributed by atoms with Gasteiger partial charge in [0.05, 0.1) is 20.6 Å². The fourth-order valence-corrected chi connectivity index (χ4v) is 2.64. The van der Waals surface area contributed by atoms with Crippen molar-refractivity contribution in [2.75, 3.05) is 14.2 Å². The first-order valence-corrected chi connectivity index (χ1v) is 6.88. The van der Waals surface area contributed by atoms with Crippen LogP contribution in [0.15, 0.2) is 36.4 Å². The van der Waals surface area contributed by atoms with E-state index in [1.807, 2.05) is 30.3 Å². The molecule has 0 unspecified atom stereocenters. The van der Waals surface area contributed by atoms with Gasteiger partial charge in [0.2, 0.25) is 5.75 Å². The number of methoxy groups -OCH3 is 2. The number of carbonyl (C=O) groups excluding carboxylic acids is 1. The first-order valence-electron chi connectivity index (χ1n) is 6.88. The average molecular weight is 300 g/mol. The fraction of sp³-hybridized carbons (Fsp3) is 0.235. The summed E-state index contributed by atoms with van der Waals surface area (Å²) in [7, 11) is 2.93. The number of ketones is 1. The molecule has 0 amide bonds.